The zero-order valence-corrected chi connectivity index (χ0v) is 11.4. The van der Waals surface area contributed by atoms with Gasteiger partial charge in [0.25, 0.3) is 0 Å². The molecule has 1 aliphatic rings. The molecule has 1 fully saturated rings. The number of hydrogen-bond acceptors (Lipinski definition) is 5. The van der Waals surface area contributed by atoms with Crippen LogP contribution in [-0.4, -0.2) is 58.2 Å². The second-order valence-electron chi connectivity index (χ2n) is 4.91. The highest BCUT2D eigenvalue weighted by molar-refractivity contribution is 7.07. The van der Waals surface area contributed by atoms with E-state index in [1.807, 2.05) is 12.4 Å². The Kier molecular flexibility index (Phi) is 4.50. The zero-order chi connectivity index (χ0) is 12.3. The second-order valence-corrected chi connectivity index (χ2v) is 5.63. The van der Waals surface area contributed by atoms with Crippen LogP contribution in [-0.2, 0) is 6.54 Å². The summed E-state index contributed by atoms with van der Waals surface area (Å²) < 4.78 is 0. The molecule has 1 aromatic heterocycles. The zero-order valence-electron chi connectivity index (χ0n) is 10.5. The molecule has 0 saturated carbocycles. The topological polar surface area (TPSA) is 39.6 Å². The van der Waals surface area contributed by atoms with Gasteiger partial charge in [-0.05, 0) is 13.8 Å². The summed E-state index contributed by atoms with van der Waals surface area (Å²) in [5.41, 5.74) is 3.06. The fourth-order valence-corrected chi connectivity index (χ4v) is 2.92. The number of aromatic nitrogens is 1. The van der Waals surface area contributed by atoms with Crippen molar-refractivity contribution < 1.29 is 5.11 Å². The molecular formula is C12H21N3OS. The Labute approximate surface area is 107 Å². The Hall–Kier alpha value is -0.490. The normalized spacial score (nSPS) is 25.0. The molecule has 1 saturated heterocycles. The van der Waals surface area contributed by atoms with Gasteiger partial charge in [-0.2, -0.15) is 0 Å². The van der Waals surface area contributed by atoms with Crippen molar-refractivity contribution in [2.45, 2.75) is 32.5 Å². The van der Waals surface area contributed by atoms with Crippen LogP contribution in [0.2, 0.25) is 0 Å². The van der Waals surface area contributed by atoms with E-state index in [1.54, 1.807) is 11.3 Å². The van der Waals surface area contributed by atoms with Crippen LogP contribution in [0.1, 0.15) is 19.5 Å². The molecule has 96 valence electrons. The van der Waals surface area contributed by atoms with Gasteiger partial charge in [-0.15, -0.1) is 11.3 Å². The Morgan fingerprint density at radius 2 is 2.41 bits per heavy atom. The number of piperazine rings is 1. The average molecular weight is 255 g/mol. The maximum absolute atomic E-state index is 9.43. The van der Waals surface area contributed by atoms with Crippen LogP contribution in [0.25, 0.3) is 0 Å². The van der Waals surface area contributed by atoms with Gasteiger partial charge in [-0.1, -0.05) is 0 Å². The lowest BCUT2D eigenvalue weighted by Crippen LogP contribution is -2.53. The lowest BCUT2D eigenvalue weighted by Gasteiger charge is -2.40. The van der Waals surface area contributed by atoms with Crippen molar-refractivity contribution in [1.82, 2.24) is 14.8 Å². The van der Waals surface area contributed by atoms with Gasteiger partial charge in [0.05, 0.1) is 17.3 Å². The number of rotatable bonds is 4. The predicted octanol–water partition coefficient (Wildman–Crippen LogP) is 1.03. The summed E-state index contributed by atoms with van der Waals surface area (Å²) in [6, 6.07) is 0.511. The van der Waals surface area contributed by atoms with Crippen molar-refractivity contribution in [1.29, 1.82) is 0 Å². The third-order valence-corrected chi connectivity index (χ3v) is 3.85. The minimum absolute atomic E-state index is 0.234. The van der Waals surface area contributed by atoms with Gasteiger partial charge in [0.15, 0.2) is 0 Å². The van der Waals surface area contributed by atoms with Crippen LogP contribution >= 0.6 is 11.3 Å². The molecular weight excluding hydrogens is 234 g/mol. The van der Waals surface area contributed by atoms with Gasteiger partial charge in [0.1, 0.15) is 0 Å². The molecule has 5 heteroatoms. The van der Waals surface area contributed by atoms with Crippen molar-refractivity contribution in [2.75, 3.05) is 26.2 Å². The largest absolute Gasteiger partial charge is 0.392 e. The van der Waals surface area contributed by atoms with E-state index in [-0.39, 0.29) is 6.10 Å². The molecule has 0 radical (unpaired) electrons. The van der Waals surface area contributed by atoms with E-state index in [0.717, 1.165) is 32.7 Å². The van der Waals surface area contributed by atoms with Crippen LogP contribution in [0.3, 0.4) is 0 Å². The van der Waals surface area contributed by atoms with Gasteiger partial charge >= 0.3 is 0 Å². The fraction of sp³-hybridized carbons (Fsp3) is 0.750. The Morgan fingerprint density at radius 1 is 1.59 bits per heavy atom. The summed E-state index contributed by atoms with van der Waals surface area (Å²) in [6.45, 7) is 8.99. The van der Waals surface area contributed by atoms with Crippen LogP contribution in [0.4, 0.5) is 0 Å². The highest BCUT2D eigenvalue weighted by Gasteiger charge is 2.24. The standard InChI is InChI=1S/C12H21N3OS/c1-10-5-14(7-12-8-17-9-13-12)3-4-15(10)6-11(2)16/h8-11,16H,3-7H2,1-2H3/t10-,11-/m1/s1. The highest BCUT2D eigenvalue weighted by atomic mass is 32.1. The Morgan fingerprint density at radius 3 is 3.00 bits per heavy atom. The van der Waals surface area contributed by atoms with Gasteiger partial charge in [-0.3, -0.25) is 9.80 Å². The molecule has 2 rings (SSSR count). The molecule has 1 aromatic rings. The van der Waals surface area contributed by atoms with E-state index in [0.29, 0.717) is 6.04 Å². The van der Waals surface area contributed by atoms with Crippen molar-refractivity contribution in [3.8, 4) is 0 Å². The van der Waals surface area contributed by atoms with E-state index in [4.69, 9.17) is 0 Å². The maximum Gasteiger partial charge on any atom is 0.0795 e. The molecule has 0 unspecified atom stereocenters. The van der Waals surface area contributed by atoms with E-state index in [2.05, 4.69) is 27.1 Å². The molecule has 1 aliphatic heterocycles. The summed E-state index contributed by atoms with van der Waals surface area (Å²) in [5, 5.41) is 11.5. The quantitative estimate of drug-likeness (QED) is 0.872. The third-order valence-electron chi connectivity index (χ3n) is 3.22. The van der Waals surface area contributed by atoms with Crippen molar-refractivity contribution >= 4 is 11.3 Å². The molecule has 0 aromatic carbocycles. The van der Waals surface area contributed by atoms with Gasteiger partial charge in [-0.25, -0.2) is 4.98 Å². The average Bonchev–Trinajstić information content (AvgIpc) is 2.74. The molecule has 0 bridgehead atoms. The smallest absolute Gasteiger partial charge is 0.0795 e. The summed E-state index contributed by atoms with van der Waals surface area (Å²) in [7, 11) is 0. The van der Waals surface area contributed by atoms with E-state index in [9.17, 15) is 5.11 Å². The van der Waals surface area contributed by atoms with E-state index >= 15 is 0 Å². The van der Waals surface area contributed by atoms with Crippen LogP contribution in [0, 0.1) is 0 Å². The lowest BCUT2D eigenvalue weighted by atomic mass is 10.1. The monoisotopic (exact) mass is 255 g/mol. The second kappa shape index (κ2) is 5.91. The number of nitrogens with zero attached hydrogens (tertiary/aromatic N) is 3. The molecule has 0 amide bonds. The number of aliphatic hydroxyl groups excluding tert-OH is 1. The first kappa shape index (κ1) is 13.0. The number of thiazole rings is 1. The molecule has 1 N–H and O–H groups in total. The molecule has 2 heterocycles. The Balaban J connectivity index is 1.82. The summed E-state index contributed by atoms with van der Waals surface area (Å²) in [4.78, 5) is 9.13. The Bertz CT molecular complexity index is 329. The maximum atomic E-state index is 9.43. The van der Waals surface area contributed by atoms with Gasteiger partial charge in [0, 0.05) is 44.1 Å². The van der Waals surface area contributed by atoms with Gasteiger partial charge < -0.3 is 5.11 Å². The van der Waals surface area contributed by atoms with Crippen molar-refractivity contribution in [2.24, 2.45) is 0 Å². The van der Waals surface area contributed by atoms with E-state index in [1.165, 1.54) is 5.69 Å². The molecule has 2 atom stereocenters. The third kappa shape index (κ3) is 3.74. The van der Waals surface area contributed by atoms with Gasteiger partial charge in [0.2, 0.25) is 0 Å². The number of hydrogen-bond donors (Lipinski definition) is 1. The van der Waals surface area contributed by atoms with Crippen LogP contribution in [0.5, 0.6) is 0 Å². The first-order chi connectivity index (χ1) is 8.15. The SMILES string of the molecule is C[C@@H]1CN(Cc2cscn2)CCN1C[C@@H](C)O. The molecule has 17 heavy (non-hydrogen) atoms. The lowest BCUT2D eigenvalue weighted by molar-refractivity contribution is 0.0419. The van der Waals surface area contributed by atoms with Crippen LogP contribution in [0.15, 0.2) is 10.9 Å². The number of β-amino-alcohol motifs (C(OH)–C–C–N with tert-alkyl or cyclic N) is 1. The summed E-state index contributed by atoms with van der Waals surface area (Å²) >= 11 is 1.66. The van der Waals surface area contributed by atoms with Crippen molar-refractivity contribution in [3.63, 3.8) is 0 Å². The summed E-state index contributed by atoms with van der Waals surface area (Å²) in [5.74, 6) is 0. The predicted molar refractivity (Wildman–Crippen MR) is 70.1 cm³/mol. The van der Waals surface area contributed by atoms with Crippen LogP contribution < -0.4 is 0 Å². The first-order valence-corrected chi connectivity index (χ1v) is 7.11. The minimum Gasteiger partial charge on any atom is -0.392 e. The van der Waals surface area contributed by atoms with Crippen molar-refractivity contribution in [3.05, 3.63) is 16.6 Å². The summed E-state index contributed by atoms with van der Waals surface area (Å²) in [6.07, 6.45) is -0.234. The molecule has 0 spiro atoms. The fourth-order valence-electron chi connectivity index (χ4n) is 2.37. The highest BCUT2D eigenvalue weighted by Crippen LogP contribution is 2.13. The number of aliphatic hydroxyl groups is 1. The molecule has 0 aliphatic carbocycles. The van der Waals surface area contributed by atoms with E-state index < -0.39 is 0 Å². The first-order valence-electron chi connectivity index (χ1n) is 6.16. The molecule has 4 nitrogen and oxygen atoms in total. The minimum atomic E-state index is -0.234.